The van der Waals surface area contributed by atoms with Gasteiger partial charge < -0.3 is 28.9 Å². The lowest BCUT2D eigenvalue weighted by atomic mass is 10.0. The molecule has 0 saturated heterocycles. The molecule has 2 aromatic heterocycles. The fraction of sp³-hybridized carbons (Fsp3) is 0.379. The monoisotopic (exact) mass is 574 g/mol. The molecule has 0 saturated carbocycles. The van der Waals surface area contributed by atoms with Crippen LogP contribution in [-0.4, -0.2) is 45.9 Å². The molecule has 2 heterocycles. The minimum absolute atomic E-state index is 0.146. The van der Waals surface area contributed by atoms with Crippen LogP contribution in [0, 0.1) is 0 Å². The third-order valence-electron chi connectivity index (χ3n) is 5.82. The second kappa shape index (κ2) is 16.4. The molecule has 2 unspecified atom stereocenters. The van der Waals surface area contributed by atoms with E-state index < -0.39 is 40.5 Å². The van der Waals surface area contributed by atoms with Gasteiger partial charge in [0.1, 0.15) is 34.1 Å². The molecule has 2 atom stereocenters. The number of esters is 1. The first-order valence-electron chi connectivity index (χ1n) is 12.6. The first-order chi connectivity index (χ1) is 19.2. The molecule has 0 aliphatic heterocycles. The zero-order valence-electron chi connectivity index (χ0n) is 23.5. The van der Waals surface area contributed by atoms with Gasteiger partial charge in [0.05, 0.1) is 7.11 Å². The number of carboxylic acids is 1. The summed E-state index contributed by atoms with van der Waals surface area (Å²) in [6, 6.07) is 2.54. The molecule has 0 spiro atoms. The Balaban J connectivity index is 0.000000410. The van der Waals surface area contributed by atoms with Gasteiger partial charge in [0.2, 0.25) is 0 Å². The van der Waals surface area contributed by atoms with Crippen molar-refractivity contribution >= 4 is 23.5 Å². The summed E-state index contributed by atoms with van der Waals surface area (Å²) in [4.78, 5) is 66.8. The zero-order valence-corrected chi connectivity index (χ0v) is 23.5. The van der Waals surface area contributed by atoms with Crippen molar-refractivity contribution in [1.82, 2.24) is 0 Å². The molecule has 41 heavy (non-hydrogen) atoms. The van der Waals surface area contributed by atoms with E-state index in [2.05, 4.69) is 4.74 Å². The van der Waals surface area contributed by atoms with Crippen LogP contribution in [0.4, 0.5) is 0 Å². The van der Waals surface area contributed by atoms with Crippen LogP contribution in [0.25, 0.3) is 0 Å². The second-order valence-electron chi connectivity index (χ2n) is 9.13. The number of ketones is 2. The van der Waals surface area contributed by atoms with E-state index >= 15 is 0 Å². The number of methoxy groups -OCH3 is 1. The van der Waals surface area contributed by atoms with Gasteiger partial charge in [0.15, 0.2) is 11.6 Å². The van der Waals surface area contributed by atoms with Crippen LogP contribution in [0.1, 0.15) is 97.5 Å². The molecule has 2 rings (SSSR count). The van der Waals surface area contributed by atoms with Gasteiger partial charge in [-0.2, -0.15) is 0 Å². The van der Waals surface area contributed by atoms with Gasteiger partial charge in [-0.1, -0.05) is 26.0 Å². The molecule has 0 amide bonds. The number of carbonyl (C=O) groups excluding carboxylic acids is 3. The fourth-order valence-electron chi connectivity index (χ4n) is 3.54. The molecule has 0 aliphatic carbocycles. The average Bonchev–Trinajstić information content (AvgIpc) is 2.87. The SMILES string of the molecule is CC(=O)c1c(O)cc(C(C)CC/C=C/C(=O)O)oc1=O.COC(=O)/C=C/CCC(C)c1cc(O)c(C(C)=O)c(=O)o1. The van der Waals surface area contributed by atoms with Crippen molar-refractivity contribution in [1.29, 1.82) is 0 Å². The van der Waals surface area contributed by atoms with Gasteiger partial charge in [-0.15, -0.1) is 0 Å². The Morgan fingerprint density at radius 3 is 1.51 bits per heavy atom. The predicted molar refractivity (Wildman–Crippen MR) is 147 cm³/mol. The van der Waals surface area contributed by atoms with E-state index in [1.54, 1.807) is 13.0 Å². The number of aromatic hydroxyl groups is 2. The van der Waals surface area contributed by atoms with Gasteiger partial charge in [0, 0.05) is 36.1 Å². The van der Waals surface area contributed by atoms with Crippen molar-refractivity contribution in [3.63, 3.8) is 0 Å². The topological polar surface area (TPSA) is 199 Å². The molecule has 3 N–H and O–H groups in total. The van der Waals surface area contributed by atoms with Crippen molar-refractivity contribution in [3.05, 3.63) is 79.9 Å². The Morgan fingerprint density at radius 2 is 1.20 bits per heavy atom. The molecule has 0 bridgehead atoms. The lowest BCUT2D eigenvalue weighted by Gasteiger charge is -2.10. The van der Waals surface area contributed by atoms with Crippen LogP contribution in [-0.2, 0) is 14.3 Å². The predicted octanol–water partition coefficient (Wildman–Crippen LogP) is 4.23. The number of aliphatic carboxylic acids is 1. The highest BCUT2D eigenvalue weighted by Gasteiger charge is 2.19. The Morgan fingerprint density at radius 1 is 0.805 bits per heavy atom. The van der Waals surface area contributed by atoms with E-state index in [1.165, 1.54) is 45.2 Å². The van der Waals surface area contributed by atoms with E-state index in [-0.39, 0.29) is 34.5 Å². The van der Waals surface area contributed by atoms with E-state index in [1.807, 2.05) is 6.92 Å². The Kier molecular flexibility index (Phi) is 13.7. The Bertz CT molecular complexity index is 1420. The molecule has 0 radical (unpaired) electrons. The van der Waals surface area contributed by atoms with E-state index in [0.717, 1.165) is 6.08 Å². The maximum absolute atomic E-state index is 11.6. The van der Waals surface area contributed by atoms with Crippen LogP contribution >= 0.6 is 0 Å². The normalized spacial score (nSPS) is 12.4. The summed E-state index contributed by atoms with van der Waals surface area (Å²) in [6.07, 6.45) is 7.74. The van der Waals surface area contributed by atoms with Crippen LogP contribution in [0.2, 0.25) is 0 Å². The summed E-state index contributed by atoms with van der Waals surface area (Å²) >= 11 is 0. The summed E-state index contributed by atoms with van der Waals surface area (Å²) in [6.45, 7) is 5.95. The molecule has 12 nitrogen and oxygen atoms in total. The summed E-state index contributed by atoms with van der Waals surface area (Å²) in [5, 5.41) is 27.8. The molecular weight excluding hydrogens is 540 g/mol. The first kappa shape index (κ1) is 34.3. The molecule has 222 valence electrons. The zero-order chi connectivity index (χ0) is 31.3. The highest BCUT2D eigenvalue weighted by atomic mass is 16.5. The van der Waals surface area contributed by atoms with Gasteiger partial charge in [-0.05, 0) is 39.5 Å². The molecular formula is C29H34O12. The maximum atomic E-state index is 11.6. The average molecular weight is 575 g/mol. The van der Waals surface area contributed by atoms with Gasteiger partial charge >= 0.3 is 23.2 Å². The summed E-state index contributed by atoms with van der Waals surface area (Å²) in [7, 11) is 1.29. The Hall–Kier alpha value is -4.74. The quantitative estimate of drug-likeness (QED) is 0.185. The third kappa shape index (κ3) is 11.1. The minimum atomic E-state index is -1.02. The number of rotatable bonds is 12. The minimum Gasteiger partial charge on any atom is -0.507 e. The number of hydrogen-bond acceptors (Lipinski definition) is 11. The molecule has 2 aromatic rings. The van der Waals surface area contributed by atoms with E-state index in [4.69, 9.17) is 13.9 Å². The van der Waals surface area contributed by atoms with Crippen molar-refractivity contribution in [3.8, 4) is 11.5 Å². The lowest BCUT2D eigenvalue weighted by molar-refractivity contribution is -0.135. The van der Waals surface area contributed by atoms with Crippen LogP contribution in [0.15, 0.2) is 54.9 Å². The molecule has 0 fully saturated rings. The van der Waals surface area contributed by atoms with E-state index in [9.17, 15) is 39.0 Å². The van der Waals surface area contributed by atoms with Crippen molar-refractivity contribution < 1.29 is 48.1 Å². The Labute approximate surface area is 235 Å². The number of Topliss-reactive ketones (excluding diaryl/α,β-unsaturated/α-hetero) is 2. The number of carboxylic acid groups (broad SMARTS) is 1. The van der Waals surface area contributed by atoms with Crippen LogP contribution in [0.3, 0.4) is 0 Å². The number of carbonyl (C=O) groups is 4. The molecule has 0 aliphatic rings. The van der Waals surface area contributed by atoms with Crippen molar-refractivity contribution in [2.45, 2.75) is 65.2 Å². The lowest BCUT2D eigenvalue weighted by Crippen LogP contribution is -2.13. The van der Waals surface area contributed by atoms with Crippen LogP contribution in [0.5, 0.6) is 11.5 Å². The molecule has 12 heteroatoms. The standard InChI is InChI=1S/C15H18O6.C14H16O6/c1-9(6-4-5-7-13(18)20-3)12-8-11(17)14(10(2)16)15(19)21-12;1-8(5-3-4-6-12(17)18)11-7-10(16)13(9(2)15)14(19)20-11/h5,7-9,17H,4,6H2,1-3H3;4,6-8,16H,3,5H2,1-2H3,(H,17,18)/b7-5+;6-4+. The number of allylic oxidation sites excluding steroid dienone is 2. The van der Waals surface area contributed by atoms with Crippen LogP contribution < -0.4 is 11.3 Å². The maximum Gasteiger partial charge on any atom is 0.350 e. The van der Waals surface area contributed by atoms with Gasteiger partial charge in [0.25, 0.3) is 0 Å². The summed E-state index contributed by atoms with van der Waals surface area (Å²) in [5.74, 6) is -3.08. The largest absolute Gasteiger partial charge is 0.507 e. The third-order valence-corrected chi connectivity index (χ3v) is 5.82. The van der Waals surface area contributed by atoms with E-state index in [0.29, 0.717) is 31.4 Å². The molecule has 0 aromatic carbocycles. The summed E-state index contributed by atoms with van der Waals surface area (Å²) in [5.41, 5.74) is -2.39. The van der Waals surface area contributed by atoms with Gasteiger partial charge in [-0.25, -0.2) is 19.2 Å². The first-order valence-corrected chi connectivity index (χ1v) is 12.6. The number of hydrogen-bond donors (Lipinski definition) is 3. The number of ether oxygens (including phenoxy) is 1. The highest BCUT2D eigenvalue weighted by Crippen LogP contribution is 2.26. The smallest absolute Gasteiger partial charge is 0.350 e. The van der Waals surface area contributed by atoms with Gasteiger partial charge in [-0.3, -0.25) is 9.59 Å². The second-order valence-corrected chi connectivity index (χ2v) is 9.13. The van der Waals surface area contributed by atoms with Crippen molar-refractivity contribution in [2.75, 3.05) is 7.11 Å². The highest BCUT2D eigenvalue weighted by molar-refractivity contribution is 5.96. The fourth-order valence-corrected chi connectivity index (χ4v) is 3.54. The summed E-state index contributed by atoms with van der Waals surface area (Å²) < 4.78 is 14.5. The van der Waals surface area contributed by atoms with Crippen molar-refractivity contribution in [2.24, 2.45) is 0 Å².